The Morgan fingerprint density at radius 2 is 2.12 bits per heavy atom. The zero-order valence-corrected chi connectivity index (χ0v) is 14.5. The van der Waals surface area contributed by atoms with Gasteiger partial charge in [-0.15, -0.1) is 0 Å². The molecule has 1 amide bonds. The van der Waals surface area contributed by atoms with Crippen molar-refractivity contribution in [3.8, 4) is 0 Å². The van der Waals surface area contributed by atoms with E-state index in [9.17, 15) is 13.2 Å². The van der Waals surface area contributed by atoms with Gasteiger partial charge in [-0.3, -0.25) is 9.52 Å². The van der Waals surface area contributed by atoms with Crippen molar-refractivity contribution in [1.29, 1.82) is 0 Å². The minimum absolute atomic E-state index is 0.0540. The maximum atomic E-state index is 12.4. The molecule has 2 heterocycles. The normalized spacial score (nSPS) is 14.0. The third-order valence-corrected chi connectivity index (χ3v) is 5.43. The van der Waals surface area contributed by atoms with E-state index < -0.39 is 10.0 Å². The maximum Gasteiger partial charge on any atom is 0.293 e. The van der Waals surface area contributed by atoms with Crippen LogP contribution in [-0.4, -0.2) is 26.6 Å². The fraction of sp³-hybridized carbons (Fsp3) is 0.353. The molecule has 128 valence electrons. The first kappa shape index (κ1) is 16.6. The van der Waals surface area contributed by atoms with Crippen LogP contribution in [0.2, 0.25) is 0 Å². The number of benzene rings is 1. The van der Waals surface area contributed by atoms with E-state index in [-0.39, 0.29) is 17.6 Å². The summed E-state index contributed by atoms with van der Waals surface area (Å²) in [6.45, 7) is 4.27. The molecule has 1 aromatic carbocycles. The van der Waals surface area contributed by atoms with Crippen LogP contribution < -0.4 is 9.62 Å². The number of nitrogens with one attached hydrogen (secondary N) is 1. The van der Waals surface area contributed by atoms with Gasteiger partial charge in [-0.25, -0.2) is 8.42 Å². The van der Waals surface area contributed by atoms with Gasteiger partial charge in [0, 0.05) is 17.9 Å². The molecule has 3 rings (SSSR count). The summed E-state index contributed by atoms with van der Waals surface area (Å²) < 4.78 is 31.9. The predicted molar refractivity (Wildman–Crippen MR) is 92.8 cm³/mol. The number of carbonyl (C=O) groups excluding carboxylic acids is 1. The van der Waals surface area contributed by atoms with E-state index in [4.69, 9.17) is 4.42 Å². The molecular formula is C17H20N2O4S. The summed E-state index contributed by atoms with van der Waals surface area (Å²) in [4.78, 5) is 14.1. The number of nitrogens with zero attached hydrogens (tertiary/aromatic N) is 1. The van der Waals surface area contributed by atoms with Gasteiger partial charge in [-0.2, -0.15) is 0 Å². The molecule has 0 saturated carbocycles. The van der Waals surface area contributed by atoms with E-state index >= 15 is 0 Å². The standard InChI is InChI=1S/C17H20N2O4S/c1-12(2)11-24(21,22)18-14-5-6-15-13(10-14)7-8-19(15)17(20)16-4-3-9-23-16/h3-6,9-10,12,18H,7-8,11H2,1-2H3. The number of anilines is 2. The average Bonchev–Trinajstić information content (AvgIpc) is 3.14. The number of amides is 1. The molecule has 0 atom stereocenters. The lowest BCUT2D eigenvalue weighted by Crippen LogP contribution is -2.28. The fourth-order valence-corrected chi connectivity index (χ4v) is 4.32. The molecule has 0 aliphatic carbocycles. The molecule has 0 unspecified atom stereocenters. The van der Waals surface area contributed by atoms with Crippen LogP contribution in [0.25, 0.3) is 0 Å². The third kappa shape index (κ3) is 3.46. The number of hydrogen-bond donors (Lipinski definition) is 1. The highest BCUT2D eigenvalue weighted by atomic mass is 32.2. The Bertz CT molecular complexity index is 841. The lowest BCUT2D eigenvalue weighted by Gasteiger charge is -2.16. The minimum Gasteiger partial charge on any atom is -0.459 e. The topological polar surface area (TPSA) is 79.6 Å². The van der Waals surface area contributed by atoms with Crippen molar-refractivity contribution in [3.05, 3.63) is 47.9 Å². The number of sulfonamides is 1. The van der Waals surface area contributed by atoms with Gasteiger partial charge in [0.2, 0.25) is 10.0 Å². The van der Waals surface area contributed by atoms with Crippen LogP contribution in [0.3, 0.4) is 0 Å². The van der Waals surface area contributed by atoms with Crippen LogP contribution in [0.5, 0.6) is 0 Å². The van der Waals surface area contributed by atoms with Crippen LogP contribution in [0.1, 0.15) is 30.0 Å². The summed E-state index contributed by atoms with van der Waals surface area (Å²) in [5, 5.41) is 0. The van der Waals surface area contributed by atoms with Crippen LogP contribution >= 0.6 is 0 Å². The van der Waals surface area contributed by atoms with Crippen molar-refractivity contribution in [2.75, 3.05) is 21.9 Å². The fourth-order valence-electron chi connectivity index (χ4n) is 2.87. The Balaban J connectivity index is 1.80. The molecule has 6 nitrogen and oxygen atoms in total. The Hall–Kier alpha value is -2.28. The molecule has 2 aromatic rings. The molecule has 1 aliphatic heterocycles. The first-order valence-corrected chi connectivity index (χ1v) is 9.50. The highest BCUT2D eigenvalue weighted by molar-refractivity contribution is 7.92. The van der Waals surface area contributed by atoms with Gasteiger partial charge in [0.15, 0.2) is 5.76 Å². The van der Waals surface area contributed by atoms with E-state index in [1.807, 2.05) is 13.8 Å². The van der Waals surface area contributed by atoms with Crippen molar-refractivity contribution in [2.45, 2.75) is 20.3 Å². The summed E-state index contributed by atoms with van der Waals surface area (Å²) in [6.07, 6.45) is 2.15. The molecule has 1 N–H and O–H groups in total. The number of hydrogen-bond acceptors (Lipinski definition) is 4. The van der Waals surface area contributed by atoms with Gasteiger partial charge in [0.25, 0.3) is 5.91 Å². The van der Waals surface area contributed by atoms with Gasteiger partial charge in [0.1, 0.15) is 0 Å². The first-order valence-electron chi connectivity index (χ1n) is 7.84. The van der Waals surface area contributed by atoms with Crippen LogP contribution in [-0.2, 0) is 16.4 Å². The summed E-state index contributed by atoms with van der Waals surface area (Å²) in [6, 6.07) is 8.56. The monoisotopic (exact) mass is 348 g/mol. The third-order valence-electron chi connectivity index (χ3n) is 3.78. The summed E-state index contributed by atoms with van der Waals surface area (Å²) in [5.41, 5.74) is 2.27. The van der Waals surface area contributed by atoms with E-state index in [1.165, 1.54) is 6.26 Å². The number of carbonyl (C=O) groups is 1. The molecule has 0 bridgehead atoms. The van der Waals surface area contributed by atoms with E-state index in [2.05, 4.69) is 4.72 Å². The Kier molecular flexibility index (Phi) is 4.36. The molecule has 0 spiro atoms. The number of furan rings is 1. The second-order valence-corrected chi connectivity index (χ2v) is 8.07. The lowest BCUT2D eigenvalue weighted by atomic mass is 10.1. The number of rotatable bonds is 5. The lowest BCUT2D eigenvalue weighted by molar-refractivity contribution is 0.0963. The van der Waals surface area contributed by atoms with Crippen LogP contribution in [0.15, 0.2) is 41.0 Å². The molecule has 0 saturated heterocycles. The van der Waals surface area contributed by atoms with Gasteiger partial charge in [-0.1, -0.05) is 13.8 Å². The zero-order valence-electron chi connectivity index (χ0n) is 13.7. The summed E-state index contributed by atoms with van der Waals surface area (Å²) in [5.74, 6) is 0.238. The molecular weight excluding hydrogens is 328 g/mol. The Morgan fingerprint density at radius 3 is 2.79 bits per heavy atom. The highest BCUT2D eigenvalue weighted by Crippen LogP contribution is 2.32. The smallest absolute Gasteiger partial charge is 0.293 e. The summed E-state index contributed by atoms with van der Waals surface area (Å²) in [7, 11) is -3.36. The van der Waals surface area contributed by atoms with Crippen LogP contribution in [0.4, 0.5) is 11.4 Å². The average molecular weight is 348 g/mol. The van der Waals surface area contributed by atoms with E-state index in [0.29, 0.717) is 24.4 Å². The Labute approximate surface area is 141 Å². The number of fused-ring (bicyclic) bond motifs is 1. The highest BCUT2D eigenvalue weighted by Gasteiger charge is 2.27. The molecule has 24 heavy (non-hydrogen) atoms. The van der Waals surface area contributed by atoms with Crippen LogP contribution in [0, 0.1) is 5.92 Å². The molecule has 0 radical (unpaired) electrons. The maximum absolute atomic E-state index is 12.4. The molecule has 1 aromatic heterocycles. The van der Waals surface area contributed by atoms with Crippen molar-refractivity contribution < 1.29 is 17.6 Å². The zero-order chi connectivity index (χ0) is 17.3. The quantitative estimate of drug-likeness (QED) is 0.901. The predicted octanol–water partition coefficient (Wildman–Crippen LogP) is 2.88. The minimum atomic E-state index is -3.36. The molecule has 0 fully saturated rings. The van der Waals surface area contributed by atoms with Crippen molar-refractivity contribution in [1.82, 2.24) is 0 Å². The molecule has 7 heteroatoms. The first-order chi connectivity index (χ1) is 11.4. The van der Waals surface area contributed by atoms with Crippen molar-refractivity contribution >= 4 is 27.3 Å². The van der Waals surface area contributed by atoms with Crippen molar-refractivity contribution in [3.63, 3.8) is 0 Å². The SMILES string of the molecule is CC(C)CS(=O)(=O)Nc1ccc2c(c1)CCN2C(=O)c1ccco1. The van der Waals surface area contributed by atoms with Gasteiger partial charge < -0.3 is 9.32 Å². The summed E-state index contributed by atoms with van der Waals surface area (Å²) >= 11 is 0. The Morgan fingerprint density at radius 1 is 1.33 bits per heavy atom. The largest absolute Gasteiger partial charge is 0.459 e. The second kappa shape index (κ2) is 6.32. The van der Waals surface area contributed by atoms with Gasteiger partial charge >= 0.3 is 0 Å². The second-order valence-electron chi connectivity index (χ2n) is 6.30. The van der Waals surface area contributed by atoms with E-state index in [0.717, 1.165) is 11.3 Å². The van der Waals surface area contributed by atoms with Gasteiger partial charge in [0.05, 0.1) is 12.0 Å². The van der Waals surface area contributed by atoms with E-state index in [1.54, 1.807) is 35.2 Å². The van der Waals surface area contributed by atoms with Crippen molar-refractivity contribution in [2.24, 2.45) is 5.92 Å². The van der Waals surface area contributed by atoms with Gasteiger partial charge in [-0.05, 0) is 48.2 Å². The molecule has 1 aliphatic rings.